The van der Waals surface area contributed by atoms with Crippen molar-refractivity contribution in [2.24, 2.45) is 0 Å². The second-order valence-corrected chi connectivity index (χ2v) is 7.84. The van der Waals surface area contributed by atoms with E-state index in [0.717, 1.165) is 51.4 Å². The number of aromatic nitrogens is 1. The molecule has 2 N–H and O–H groups in total. The van der Waals surface area contributed by atoms with E-state index in [1.165, 1.54) is 16.9 Å². The number of nitrogens with one attached hydrogen (secondary N) is 2. The van der Waals surface area contributed by atoms with Gasteiger partial charge in [0.1, 0.15) is 4.83 Å². The van der Waals surface area contributed by atoms with Crippen LogP contribution < -0.4 is 10.6 Å². The van der Waals surface area contributed by atoms with Crippen LogP contribution in [-0.2, 0) is 0 Å². The Kier molecular flexibility index (Phi) is 7.25. The molecule has 0 radical (unpaired) electrons. The molecule has 26 heavy (non-hydrogen) atoms. The van der Waals surface area contributed by atoms with Gasteiger partial charge in [-0.05, 0) is 24.6 Å². The number of carbonyl (C=O) groups excluding carboxylic acids is 1. The van der Waals surface area contributed by atoms with Gasteiger partial charge in [0.2, 0.25) is 0 Å². The van der Waals surface area contributed by atoms with Crippen LogP contribution in [0.5, 0.6) is 0 Å². The van der Waals surface area contributed by atoms with Crippen molar-refractivity contribution in [2.45, 2.75) is 6.92 Å². The molecule has 0 saturated carbocycles. The summed E-state index contributed by atoms with van der Waals surface area (Å²) in [4.78, 5) is 20.8. The van der Waals surface area contributed by atoms with Crippen LogP contribution in [0, 0.1) is 6.92 Å². The molecule has 3 heterocycles. The molecule has 4 rings (SSSR count). The third kappa shape index (κ3) is 4.29. The van der Waals surface area contributed by atoms with Gasteiger partial charge < -0.3 is 15.5 Å². The second-order valence-electron chi connectivity index (χ2n) is 5.78. The quantitative estimate of drug-likeness (QED) is 0.650. The summed E-state index contributed by atoms with van der Waals surface area (Å²) in [5.74, 6) is 0.125. The zero-order valence-corrected chi connectivity index (χ0v) is 17.4. The largest absolute Gasteiger partial charge is 0.335 e. The van der Waals surface area contributed by atoms with E-state index in [1.807, 2.05) is 29.2 Å². The van der Waals surface area contributed by atoms with Crippen LogP contribution in [0.2, 0.25) is 0 Å². The van der Waals surface area contributed by atoms with Crippen LogP contribution in [0.3, 0.4) is 0 Å². The maximum Gasteiger partial charge on any atom is 0.264 e. The van der Waals surface area contributed by atoms with Gasteiger partial charge in [0.25, 0.3) is 5.91 Å². The fourth-order valence-electron chi connectivity index (χ4n) is 2.75. The first-order valence-electron chi connectivity index (χ1n) is 7.94. The number of anilines is 2. The Morgan fingerprint density at radius 3 is 2.62 bits per heavy atom. The van der Waals surface area contributed by atoms with E-state index in [1.54, 1.807) is 11.3 Å². The van der Waals surface area contributed by atoms with Crippen molar-refractivity contribution in [2.75, 3.05) is 31.5 Å². The molecule has 1 amide bonds. The van der Waals surface area contributed by atoms with Crippen LogP contribution in [0.4, 0.5) is 10.8 Å². The number of halogens is 2. The lowest BCUT2D eigenvalue weighted by molar-refractivity contribution is 0.0741. The van der Waals surface area contributed by atoms with Gasteiger partial charge in [-0.3, -0.25) is 4.79 Å². The smallest absolute Gasteiger partial charge is 0.264 e. The fourth-order valence-corrected chi connectivity index (χ4v) is 4.84. The number of amides is 1. The van der Waals surface area contributed by atoms with Crippen molar-refractivity contribution in [3.63, 3.8) is 0 Å². The molecule has 0 atom stereocenters. The molecule has 9 heteroatoms. The van der Waals surface area contributed by atoms with E-state index in [0.29, 0.717) is 0 Å². The van der Waals surface area contributed by atoms with Gasteiger partial charge in [-0.1, -0.05) is 29.5 Å². The number of thiophene rings is 1. The Morgan fingerprint density at radius 1 is 1.19 bits per heavy atom. The van der Waals surface area contributed by atoms with Gasteiger partial charge in [-0.2, -0.15) is 0 Å². The molecular formula is C17H20Cl2N4OS2. The first kappa shape index (κ1) is 20.9. The number of piperazine rings is 1. The molecule has 1 fully saturated rings. The Bertz CT molecular complexity index is 858. The number of benzene rings is 1. The third-order valence-electron chi connectivity index (χ3n) is 4.09. The lowest BCUT2D eigenvalue weighted by Gasteiger charge is -2.26. The topological polar surface area (TPSA) is 57.3 Å². The zero-order chi connectivity index (χ0) is 16.5. The monoisotopic (exact) mass is 430 g/mol. The normalized spacial score (nSPS) is 13.8. The molecular weight excluding hydrogens is 411 g/mol. The van der Waals surface area contributed by atoms with Gasteiger partial charge in [0, 0.05) is 31.9 Å². The van der Waals surface area contributed by atoms with Crippen LogP contribution in [-0.4, -0.2) is 42.0 Å². The molecule has 0 spiro atoms. The molecule has 2 aromatic heterocycles. The Hall–Kier alpha value is -1.38. The number of thiazole rings is 1. The highest BCUT2D eigenvalue weighted by atomic mass is 35.5. The molecule has 140 valence electrons. The summed E-state index contributed by atoms with van der Waals surface area (Å²) in [6.07, 6.45) is 0. The maximum atomic E-state index is 12.6. The summed E-state index contributed by atoms with van der Waals surface area (Å²) in [5.41, 5.74) is 2.25. The first-order chi connectivity index (χ1) is 11.7. The van der Waals surface area contributed by atoms with E-state index < -0.39 is 0 Å². The SMILES string of the molecule is Cc1ccccc1Nc1nc2sc(C(=O)N3CCNCC3)cc2s1.Cl.Cl. The lowest BCUT2D eigenvalue weighted by atomic mass is 10.2. The van der Waals surface area contributed by atoms with E-state index in [9.17, 15) is 4.79 Å². The van der Waals surface area contributed by atoms with Crippen molar-refractivity contribution in [1.82, 2.24) is 15.2 Å². The molecule has 0 bridgehead atoms. The van der Waals surface area contributed by atoms with Gasteiger partial charge in [-0.25, -0.2) is 4.98 Å². The highest BCUT2D eigenvalue weighted by molar-refractivity contribution is 7.29. The maximum absolute atomic E-state index is 12.6. The van der Waals surface area contributed by atoms with Gasteiger partial charge in [-0.15, -0.1) is 36.2 Å². The Balaban J connectivity index is 0.00000121. The Labute approximate surface area is 172 Å². The average molecular weight is 431 g/mol. The zero-order valence-electron chi connectivity index (χ0n) is 14.2. The second kappa shape index (κ2) is 9.01. The van der Waals surface area contributed by atoms with Crippen LogP contribution in [0.1, 0.15) is 15.2 Å². The van der Waals surface area contributed by atoms with E-state index >= 15 is 0 Å². The van der Waals surface area contributed by atoms with Crippen molar-refractivity contribution in [3.8, 4) is 0 Å². The van der Waals surface area contributed by atoms with Gasteiger partial charge >= 0.3 is 0 Å². The predicted octanol–water partition coefficient (Wildman–Crippen LogP) is 4.30. The highest BCUT2D eigenvalue weighted by Gasteiger charge is 2.21. The molecule has 3 aromatic rings. The summed E-state index contributed by atoms with van der Waals surface area (Å²) in [6, 6.07) is 10.1. The van der Waals surface area contributed by atoms with Crippen LogP contribution >= 0.6 is 47.5 Å². The van der Waals surface area contributed by atoms with Crippen molar-refractivity contribution in [1.29, 1.82) is 0 Å². The molecule has 1 aromatic carbocycles. The number of carbonyl (C=O) groups is 1. The highest BCUT2D eigenvalue weighted by Crippen LogP contribution is 2.35. The summed E-state index contributed by atoms with van der Waals surface area (Å²) in [6.45, 7) is 5.36. The summed E-state index contributed by atoms with van der Waals surface area (Å²) in [5, 5.41) is 7.51. The number of hydrogen-bond donors (Lipinski definition) is 2. The summed E-state index contributed by atoms with van der Waals surface area (Å²) < 4.78 is 1.06. The van der Waals surface area contributed by atoms with E-state index in [2.05, 4.69) is 28.6 Å². The van der Waals surface area contributed by atoms with E-state index in [4.69, 9.17) is 0 Å². The van der Waals surface area contributed by atoms with Crippen molar-refractivity contribution >= 4 is 73.7 Å². The number of nitrogens with zero attached hydrogens (tertiary/aromatic N) is 2. The van der Waals surface area contributed by atoms with Crippen molar-refractivity contribution < 1.29 is 4.79 Å². The number of rotatable bonds is 3. The number of aryl methyl sites for hydroxylation is 1. The van der Waals surface area contributed by atoms with Crippen LogP contribution in [0.15, 0.2) is 30.3 Å². The minimum Gasteiger partial charge on any atom is -0.335 e. The third-order valence-corrected chi connectivity index (χ3v) is 6.15. The molecule has 1 aliphatic rings. The van der Waals surface area contributed by atoms with E-state index in [-0.39, 0.29) is 30.7 Å². The molecule has 0 aliphatic carbocycles. The van der Waals surface area contributed by atoms with Gasteiger partial charge in [0.15, 0.2) is 5.13 Å². The number of fused-ring (bicyclic) bond motifs is 1. The average Bonchev–Trinajstić information content (AvgIpc) is 3.15. The summed E-state index contributed by atoms with van der Waals surface area (Å²) in [7, 11) is 0. The predicted molar refractivity (Wildman–Crippen MR) is 115 cm³/mol. The Morgan fingerprint density at radius 2 is 1.92 bits per heavy atom. The number of hydrogen-bond acceptors (Lipinski definition) is 6. The standard InChI is InChI=1S/C17H18N4OS2.2ClH/c1-11-4-2-3-5-12(11)19-17-20-15-13(24-17)10-14(23-15)16(22)21-8-6-18-7-9-21;;/h2-5,10,18H,6-9H2,1H3,(H,19,20);2*1H. The number of para-hydroxylation sites is 1. The molecule has 1 aliphatic heterocycles. The van der Waals surface area contributed by atoms with Crippen LogP contribution in [0.25, 0.3) is 9.53 Å². The molecule has 0 unspecified atom stereocenters. The molecule has 5 nitrogen and oxygen atoms in total. The minimum atomic E-state index is 0. The lowest BCUT2D eigenvalue weighted by Crippen LogP contribution is -2.46. The molecule has 1 saturated heterocycles. The first-order valence-corrected chi connectivity index (χ1v) is 9.57. The minimum absolute atomic E-state index is 0. The fraction of sp³-hybridized carbons (Fsp3) is 0.294. The summed E-state index contributed by atoms with van der Waals surface area (Å²) >= 11 is 3.07. The van der Waals surface area contributed by atoms with Gasteiger partial charge in [0.05, 0.1) is 9.58 Å². The van der Waals surface area contributed by atoms with Crippen molar-refractivity contribution in [3.05, 3.63) is 40.8 Å².